The van der Waals surface area contributed by atoms with Gasteiger partial charge in [-0.15, -0.1) is 0 Å². The number of phenols is 1. The van der Waals surface area contributed by atoms with E-state index in [1.54, 1.807) is 15.5 Å². The number of phenolic OH excluding ortho intramolecular Hbond substituents is 1. The molecule has 1 fully saturated rings. The summed E-state index contributed by atoms with van der Waals surface area (Å²) in [6.07, 6.45) is -0.414. The number of hydrogen-bond acceptors (Lipinski definition) is 8. The zero-order valence-electron chi connectivity index (χ0n) is 24.7. The SMILES string of the molecule is C[C@H]1CN(C(=O)OCc2ccccc2)CCN1c1nc(=O)n2c3c(c(-c4c(O)cccc4F)c(Cl)cc13)OC[C@@H]2CN(C)C. The van der Waals surface area contributed by atoms with Crippen molar-refractivity contribution in [2.45, 2.75) is 25.6 Å². The first-order valence-corrected chi connectivity index (χ1v) is 14.8. The van der Waals surface area contributed by atoms with Gasteiger partial charge in [0.2, 0.25) is 0 Å². The number of anilines is 1. The van der Waals surface area contributed by atoms with Crippen molar-refractivity contribution in [3.05, 3.63) is 81.5 Å². The molecule has 0 spiro atoms. The fraction of sp³-hybridized carbons (Fsp3) is 0.344. The van der Waals surface area contributed by atoms with Crippen LogP contribution in [0.4, 0.5) is 15.0 Å². The molecule has 3 heterocycles. The molecule has 2 atom stereocenters. The van der Waals surface area contributed by atoms with Crippen molar-refractivity contribution >= 4 is 34.4 Å². The fourth-order valence-electron chi connectivity index (χ4n) is 6.08. The molecule has 2 aliphatic rings. The van der Waals surface area contributed by atoms with Crippen LogP contribution in [0.5, 0.6) is 11.5 Å². The van der Waals surface area contributed by atoms with E-state index in [0.717, 1.165) is 5.56 Å². The highest BCUT2D eigenvalue weighted by Gasteiger charge is 2.35. The van der Waals surface area contributed by atoms with Crippen LogP contribution in [0.1, 0.15) is 18.5 Å². The van der Waals surface area contributed by atoms with Gasteiger partial charge in [0.1, 0.15) is 30.6 Å². The maximum atomic E-state index is 15.1. The minimum absolute atomic E-state index is 0.103. The van der Waals surface area contributed by atoms with Gasteiger partial charge in [-0.2, -0.15) is 4.98 Å². The lowest BCUT2D eigenvalue weighted by Gasteiger charge is -2.41. The van der Waals surface area contributed by atoms with Crippen LogP contribution in [0, 0.1) is 5.82 Å². The summed E-state index contributed by atoms with van der Waals surface area (Å²) in [7, 11) is 3.80. The molecule has 44 heavy (non-hydrogen) atoms. The van der Waals surface area contributed by atoms with Crippen molar-refractivity contribution in [2.75, 3.05) is 51.8 Å². The molecule has 10 nitrogen and oxygen atoms in total. The molecule has 6 rings (SSSR count). The Morgan fingerprint density at radius 2 is 1.93 bits per heavy atom. The Morgan fingerprint density at radius 1 is 1.16 bits per heavy atom. The number of ether oxygens (including phenoxy) is 2. The van der Waals surface area contributed by atoms with Gasteiger partial charge in [-0.05, 0) is 44.8 Å². The maximum absolute atomic E-state index is 15.1. The molecule has 12 heteroatoms. The molecule has 3 aromatic carbocycles. The fourth-order valence-corrected chi connectivity index (χ4v) is 6.37. The largest absolute Gasteiger partial charge is 0.507 e. The number of benzene rings is 3. The van der Waals surface area contributed by atoms with Crippen LogP contribution in [0.25, 0.3) is 22.0 Å². The molecule has 0 unspecified atom stereocenters. The lowest BCUT2D eigenvalue weighted by Crippen LogP contribution is -2.54. The number of aromatic nitrogens is 2. The zero-order chi connectivity index (χ0) is 31.1. The van der Waals surface area contributed by atoms with Gasteiger partial charge in [0.05, 0.1) is 27.7 Å². The Morgan fingerprint density at radius 3 is 2.64 bits per heavy atom. The Hall–Kier alpha value is -4.35. The quantitative estimate of drug-likeness (QED) is 0.324. The molecule has 4 aromatic rings. The summed E-state index contributed by atoms with van der Waals surface area (Å²) in [5.41, 5.74) is 0.913. The number of nitrogens with zero attached hydrogens (tertiary/aromatic N) is 5. The molecule has 0 saturated carbocycles. The van der Waals surface area contributed by atoms with Crippen LogP contribution < -0.4 is 15.3 Å². The molecule has 0 radical (unpaired) electrons. The number of amides is 1. The molecule has 1 N–H and O–H groups in total. The second-order valence-electron chi connectivity index (χ2n) is 11.4. The Bertz CT molecular complexity index is 1760. The van der Waals surface area contributed by atoms with Crippen LogP contribution in [0.3, 0.4) is 0 Å². The van der Waals surface area contributed by atoms with Crippen molar-refractivity contribution in [1.82, 2.24) is 19.4 Å². The summed E-state index contributed by atoms with van der Waals surface area (Å²) >= 11 is 6.83. The summed E-state index contributed by atoms with van der Waals surface area (Å²) in [6.45, 7) is 3.84. The third kappa shape index (κ3) is 5.41. The number of halogens is 2. The van der Waals surface area contributed by atoms with E-state index < -0.39 is 17.6 Å². The van der Waals surface area contributed by atoms with Crippen LogP contribution in [-0.2, 0) is 11.3 Å². The maximum Gasteiger partial charge on any atom is 0.410 e. The van der Waals surface area contributed by atoms with Gasteiger partial charge in [-0.25, -0.2) is 14.0 Å². The normalized spacial score (nSPS) is 18.0. The number of piperazine rings is 1. The van der Waals surface area contributed by atoms with Gasteiger partial charge >= 0.3 is 11.8 Å². The van der Waals surface area contributed by atoms with Crippen molar-refractivity contribution < 1.29 is 23.8 Å². The van der Waals surface area contributed by atoms with Gasteiger partial charge in [-0.1, -0.05) is 48.0 Å². The number of hydrogen-bond donors (Lipinski definition) is 1. The van der Waals surface area contributed by atoms with Crippen LogP contribution >= 0.6 is 11.6 Å². The average Bonchev–Trinajstić information content (AvgIpc) is 2.99. The highest BCUT2D eigenvalue weighted by molar-refractivity contribution is 6.35. The summed E-state index contributed by atoms with van der Waals surface area (Å²) in [5, 5.41) is 11.3. The summed E-state index contributed by atoms with van der Waals surface area (Å²) in [4.78, 5) is 36.8. The molecule has 1 amide bonds. The van der Waals surface area contributed by atoms with Gasteiger partial charge in [0.25, 0.3) is 0 Å². The predicted molar refractivity (Wildman–Crippen MR) is 166 cm³/mol. The van der Waals surface area contributed by atoms with Crippen LogP contribution in [-0.4, -0.2) is 83.5 Å². The van der Waals surface area contributed by atoms with Crippen molar-refractivity contribution in [2.24, 2.45) is 0 Å². The molecule has 230 valence electrons. The van der Waals surface area contributed by atoms with Crippen LogP contribution in [0.2, 0.25) is 5.02 Å². The van der Waals surface area contributed by atoms with E-state index in [1.807, 2.05) is 61.2 Å². The second-order valence-corrected chi connectivity index (χ2v) is 11.8. The first kappa shape index (κ1) is 29.7. The highest BCUT2D eigenvalue weighted by Crippen LogP contribution is 2.49. The number of carbonyl (C=O) groups is 1. The predicted octanol–water partition coefficient (Wildman–Crippen LogP) is 4.90. The van der Waals surface area contributed by atoms with Gasteiger partial charge in [0.15, 0.2) is 5.75 Å². The molecular formula is C32H33ClFN5O5. The third-order valence-electron chi connectivity index (χ3n) is 8.06. The van der Waals surface area contributed by atoms with Gasteiger partial charge < -0.3 is 29.3 Å². The van der Waals surface area contributed by atoms with Gasteiger partial charge in [-0.3, -0.25) is 4.57 Å². The summed E-state index contributed by atoms with van der Waals surface area (Å²) in [6, 6.07) is 14.5. The highest BCUT2D eigenvalue weighted by atomic mass is 35.5. The third-order valence-corrected chi connectivity index (χ3v) is 8.36. The first-order chi connectivity index (χ1) is 21.1. The first-order valence-electron chi connectivity index (χ1n) is 14.4. The van der Waals surface area contributed by atoms with Crippen molar-refractivity contribution in [3.8, 4) is 22.6 Å². The lowest BCUT2D eigenvalue weighted by molar-refractivity contribution is 0.0898. The Labute approximate surface area is 258 Å². The standard InChI is InChI=1S/C32H33ClFN5O5/c1-19-15-37(32(42)44-17-20-8-5-4-6-9-20)12-13-38(19)30-22-14-23(33)26(27-24(34)10-7-11-25(27)40)29-28(22)39(31(41)35-30)21(18-43-29)16-36(2)3/h4-11,14,19,21,40H,12-13,15-18H2,1-3H3/t19-,21-/m0/s1. The minimum Gasteiger partial charge on any atom is -0.507 e. The van der Waals surface area contributed by atoms with E-state index >= 15 is 4.39 Å². The Balaban J connectivity index is 1.40. The van der Waals surface area contributed by atoms with E-state index in [0.29, 0.717) is 42.9 Å². The lowest BCUT2D eigenvalue weighted by atomic mass is 9.98. The molecule has 0 bridgehead atoms. The summed E-state index contributed by atoms with van der Waals surface area (Å²) in [5.74, 6) is -0.366. The van der Waals surface area contributed by atoms with Crippen molar-refractivity contribution in [3.63, 3.8) is 0 Å². The number of carbonyl (C=O) groups excluding carboxylic acids is 1. The zero-order valence-corrected chi connectivity index (χ0v) is 25.4. The smallest absolute Gasteiger partial charge is 0.410 e. The van der Waals surface area contributed by atoms with Crippen molar-refractivity contribution in [1.29, 1.82) is 0 Å². The van der Waals surface area contributed by atoms with Crippen LogP contribution in [0.15, 0.2) is 59.4 Å². The van der Waals surface area contributed by atoms with E-state index in [1.165, 1.54) is 18.2 Å². The molecule has 1 aromatic heterocycles. The molecule has 1 saturated heterocycles. The summed E-state index contributed by atoms with van der Waals surface area (Å²) < 4.78 is 28.5. The topological polar surface area (TPSA) is 100 Å². The minimum atomic E-state index is -0.673. The van der Waals surface area contributed by atoms with E-state index in [-0.39, 0.29) is 52.9 Å². The average molecular weight is 622 g/mol. The number of aromatic hydroxyl groups is 1. The monoisotopic (exact) mass is 621 g/mol. The second kappa shape index (κ2) is 12.0. The molecular weight excluding hydrogens is 589 g/mol. The number of rotatable bonds is 6. The van der Waals surface area contributed by atoms with E-state index in [9.17, 15) is 14.7 Å². The Kier molecular flexibility index (Phi) is 8.08. The number of likely N-dealkylation sites (N-methyl/N-ethyl adjacent to an activating group) is 1. The van der Waals surface area contributed by atoms with Gasteiger partial charge in [0, 0.05) is 37.6 Å². The molecule has 0 aliphatic carbocycles. The van der Waals surface area contributed by atoms with E-state index in [2.05, 4.69) is 4.98 Å². The van der Waals surface area contributed by atoms with E-state index in [4.69, 9.17) is 21.1 Å². The molecule has 2 aliphatic heterocycles.